The molecule has 4 rings (SSSR count). The van der Waals surface area contributed by atoms with E-state index in [0.29, 0.717) is 11.3 Å². The van der Waals surface area contributed by atoms with Crippen molar-refractivity contribution in [2.24, 2.45) is 0 Å². The minimum atomic E-state index is -0.328. The van der Waals surface area contributed by atoms with Crippen molar-refractivity contribution in [3.05, 3.63) is 65.0 Å². The zero-order valence-electron chi connectivity index (χ0n) is 13.5. The van der Waals surface area contributed by atoms with Crippen LogP contribution in [-0.4, -0.2) is 20.2 Å². The van der Waals surface area contributed by atoms with Crippen LogP contribution < -0.4 is 10.5 Å². The van der Waals surface area contributed by atoms with E-state index in [9.17, 15) is 10.2 Å². The molecule has 2 aromatic carbocycles. The van der Waals surface area contributed by atoms with Gasteiger partial charge in [0.2, 0.25) is 5.88 Å². The number of fused-ring (bicyclic) bond motifs is 2. The van der Waals surface area contributed by atoms with Gasteiger partial charge in [0.05, 0.1) is 18.1 Å². The van der Waals surface area contributed by atoms with Gasteiger partial charge < -0.3 is 20.7 Å². The number of hydrogen-bond donors (Lipinski definition) is 3. The molecule has 1 atom stereocenters. The number of phenols is 2. The second-order valence-corrected chi connectivity index (χ2v) is 5.93. The number of phenolic OH excluding ortho intramolecular Hbond substituents is 2. The summed E-state index contributed by atoms with van der Waals surface area (Å²) >= 11 is 0. The van der Waals surface area contributed by atoms with E-state index in [1.165, 1.54) is 6.07 Å². The molecule has 1 unspecified atom stereocenters. The molecule has 4 N–H and O–H groups in total. The molecule has 0 saturated heterocycles. The fraction of sp³-hybridized carbons (Fsp3) is 0.105. The van der Waals surface area contributed by atoms with Gasteiger partial charge in [0.1, 0.15) is 28.9 Å². The molecular weight excluding hydrogens is 332 g/mol. The molecule has 0 saturated carbocycles. The number of hydrogen-bond acceptors (Lipinski definition) is 7. The summed E-state index contributed by atoms with van der Waals surface area (Å²) in [5.41, 5.74) is 8.43. The van der Waals surface area contributed by atoms with E-state index in [1.807, 2.05) is 6.07 Å². The average Bonchev–Trinajstić information content (AvgIpc) is 2.61. The molecule has 1 aromatic heterocycles. The summed E-state index contributed by atoms with van der Waals surface area (Å²) in [4.78, 5) is 8.54. The van der Waals surface area contributed by atoms with Crippen molar-refractivity contribution in [2.75, 3.05) is 5.73 Å². The fourth-order valence-electron chi connectivity index (χ4n) is 3.13. The Hall–Kier alpha value is -3.79. The maximum atomic E-state index is 9.81. The van der Waals surface area contributed by atoms with Gasteiger partial charge in [-0.2, -0.15) is 10.2 Å². The minimum absolute atomic E-state index is 0.0115. The highest BCUT2D eigenvalue weighted by molar-refractivity contribution is 5.63. The monoisotopic (exact) mass is 346 g/mol. The number of nitrogen functional groups attached to an aromatic ring is 1. The highest BCUT2D eigenvalue weighted by Gasteiger charge is 2.33. The van der Waals surface area contributed by atoms with E-state index in [-0.39, 0.29) is 41.4 Å². The molecule has 2 heterocycles. The van der Waals surface area contributed by atoms with Crippen molar-refractivity contribution >= 4 is 5.82 Å². The van der Waals surface area contributed by atoms with E-state index < -0.39 is 0 Å². The number of aromatic nitrogens is 2. The number of benzene rings is 2. The van der Waals surface area contributed by atoms with Gasteiger partial charge in [0.25, 0.3) is 0 Å². The lowest BCUT2D eigenvalue weighted by molar-refractivity contribution is 0.421. The van der Waals surface area contributed by atoms with Crippen molar-refractivity contribution in [3.8, 4) is 29.2 Å². The third-order valence-corrected chi connectivity index (χ3v) is 4.25. The molecule has 0 bridgehead atoms. The van der Waals surface area contributed by atoms with Crippen molar-refractivity contribution in [1.82, 2.24) is 9.97 Å². The first-order valence-electron chi connectivity index (χ1n) is 7.89. The van der Waals surface area contributed by atoms with E-state index in [2.05, 4.69) is 9.97 Å². The van der Waals surface area contributed by atoms with E-state index in [1.54, 1.807) is 36.4 Å². The van der Waals surface area contributed by atoms with Crippen LogP contribution in [0.3, 0.4) is 0 Å². The summed E-state index contributed by atoms with van der Waals surface area (Å²) in [6.07, 6.45) is 0.0115. The SMILES string of the molecule is N#CCc1nc(N)c2c(n1)Oc1cc(O)ccc1C2c1ccc(O)cc1. The molecule has 1 aliphatic rings. The lowest BCUT2D eigenvalue weighted by Gasteiger charge is -2.28. The molecular formula is C19H14N4O3. The van der Waals surface area contributed by atoms with Crippen LogP contribution in [0.25, 0.3) is 0 Å². The Labute approximate surface area is 149 Å². The molecule has 0 radical (unpaired) electrons. The van der Waals surface area contributed by atoms with Crippen LogP contribution in [0.1, 0.15) is 28.4 Å². The van der Waals surface area contributed by atoms with Crippen LogP contribution in [-0.2, 0) is 6.42 Å². The topological polar surface area (TPSA) is 125 Å². The Bertz CT molecular complexity index is 1040. The Morgan fingerprint density at radius 2 is 1.81 bits per heavy atom. The third-order valence-electron chi connectivity index (χ3n) is 4.25. The molecule has 0 aliphatic carbocycles. The number of nitrogens with two attached hydrogens (primary N) is 1. The number of anilines is 1. The van der Waals surface area contributed by atoms with E-state index in [4.69, 9.17) is 15.7 Å². The van der Waals surface area contributed by atoms with Crippen molar-refractivity contribution in [3.63, 3.8) is 0 Å². The van der Waals surface area contributed by atoms with Gasteiger partial charge in [0, 0.05) is 17.5 Å². The van der Waals surface area contributed by atoms with Gasteiger partial charge >= 0.3 is 0 Å². The minimum Gasteiger partial charge on any atom is -0.508 e. The highest BCUT2D eigenvalue weighted by atomic mass is 16.5. The van der Waals surface area contributed by atoms with Crippen LogP contribution in [0.4, 0.5) is 5.82 Å². The standard InChI is InChI=1S/C19H14N4O3/c20-8-7-15-22-18(21)17-16(10-1-3-11(24)4-2-10)13-6-5-12(25)9-14(13)26-19(17)23-15/h1-6,9,16,24-25H,7H2,(H2,21,22,23). The molecule has 3 aromatic rings. The number of nitrogens with zero attached hydrogens (tertiary/aromatic N) is 3. The van der Waals surface area contributed by atoms with Gasteiger partial charge in [-0.25, -0.2) is 4.98 Å². The molecule has 7 heteroatoms. The normalized spacial score (nSPS) is 14.7. The summed E-state index contributed by atoms with van der Waals surface area (Å²) in [7, 11) is 0. The molecule has 26 heavy (non-hydrogen) atoms. The first-order valence-corrected chi connectivity index (χ1v) is 7.89. The Balaban J connectivity index is 1.96. The summed E-state index contributed by atoms with van der Waals surface area (Å²) in [5.74, 6) is 1.12. The Morgan fingerprint density at radius 3 is 2.54 bits per heavy atom. The summed E-state index contributed by atoms with van der Waals surface area (Å²) < 4.78 is 5.85. The lowest BCUT2D eigenvalue weighted by Crippen LogP contribution is -2.17. The van der Waals surface area contributed by atoms with Gasteiger partial charge in [0.15, 0.2) is 0 Å². The predicted molar refractivity (Wildman–Crippen MR) is 93.0 cm³/mol. The fourth-order valence-corrected chi connectivity index (χ4v) is 3.13. The summed E-state index contributed by atoms with van der Waals surface area (Å²) in [6, 6.07) is 13.6. The second kappa shape index (κ2) is 5.93. The molecule has 0 spiro atoms. The highest BCUT2D eigenvalue weighted by Crippen LogP contribution is 2.49. The number of aromatic hydroxyl groups is 2. The largest absolute Gasteiger partial charge is 0.508 e. The zero-order chi connectivity index (χ0) is 18.3. The van der Waals surface area contributed by atoms with Crippen molar-refractivity contribution in [2.45, 2.75) is 12.3 Å². The smallest absolute Gasteiger partial charge is 0.228 e. The van der Waals surface area contributed by atoms with Crippen molar-refractivity contribution < 1.29 is 14.9 Å². The predicted octanol–water partition coefficient (Wildman–Crippen LogP) is 2.82. The quantitative estimate of drug-likeness (QED) is 0.509. The Morgan fingerprint density at radius 1 is 1.08 bits per heavy atom. The number of ether oxygens (including phenoxy) is 1. The first kappa shape index (κ1) is 15.7. The van der Waals surface area contributed by atoms with Crippen LogP contribution in [0.15, 0.2) is 42.5 Å². The van der Waals surface area contributed by atoms with Crippen molar-refractivity contribution in [1.29, 1.82) is 5.26 Å². The zero-order valence-corrected chi connectivity index (χ0v) is 13.5. The molecule has 0 fully saturated rings. The van der Waals surface area contributed by atoms with E-state index >= 15 is 0 Å². The molecule has 128 valence electrons. The lowest BCUT2D eigenvalue weighted by atomic mass is 9.83. The second-order valence-electron chi connectivity index (χ2n) is 5.93. The maximum absolute atomic E-state index is 9.81. The number of nitriles is 1. The van der Waals surface area contributed by atoms with Gasteiger partial charge in [-0.3, -0.25) is 0 Å². The average molecular weight is 346 g/mol. The van der Waals surface area contributed by atoms with E-state index in [0.717, 1.165) is 11.1 Å². The Kier molecular flexibility index (Phi) is 3.59. The first-order chi connectivity index (χ1) is 12.6. The maximum Gasteiger partial charge on any atom is 0.228 e. The van der Waals surface area contributed by atoms with Gasteiger partial charge in [-0.1, -0.05) is 18.2 Å². The van der Waals surface area contributed by atoms with Crippen LogP contribution >= 0.6 is 0 Å². The summed E-state index contributed by atoms with van der Waals surface area (Å²) in [6.45, 7) is 0. The van der Waals surface area contributed by atoms with Crippen LogP contribution in [0.2, 0.25) is 0 Å². The third kappa shape index (κ3) is 2.54. The molecule has 0 amide bonds. The van der Waals surface area contributed by atoms with Gasteiger partial charge in [-0.15, -0.1) is 0 Å². The number of rotatable bonds is 2. The molecule has 1 aliphatic heterocycles. The molecule has 7 nitrogen and oxygen atoms in total. The summed E-state index contributed by atoms with van der Waals surface area (Å²) in [5, 5.41) is 28.3. The van der Waals surface area contributed by atoms with Crippen LogP contribution in [0.5, 0.6) is 23.1 Å². The van der Waals surface area contributed by atoms with Crippen LogP contribution in [0, 0.1) is 11.3 Å². The van der Waals surface area contributed by atoms with Gasteiger partial charge in [-0.05, 0) is 23.8 Å².